The van der Waals surface area contributed by atoms with Crippen molar-refractivity contribution in [2.24, 2.45) is 0 Å². The summed E-state index contributed by atoms with van der Waals surface area (Å²) in [5.74, 6) is 0.287. The lowest BCUT2D eigenvalue weighted by Gasteiger charge is -2.38. The highest BCUT2D eigenvalue weighted by molar-refractivity contribution is 7.91. The van der Waals surface area contributed by atoms with E-state index in [0.29, 0.717) is 23.6 Å². The van der Waals surface area contributed by atoms with Gasteiger partial charge in [-0.15, -0.1) is 0 Å². The number of rotatable bonds is 6. The molecule has 0 bridgehead atoms. The Hall–Kier alpha value is -1.79. The summed E-state index contributed by atoms with van der Waals surface area (Å²) in [5.41, 5.74) is 0.998. The first-order chi connectivity index (χ1) is 11.4. The highest BCUT2D eigenvalue weighted by atomic mass is 35.5. The Morgan fingerprint density at radius 3 is 2.71 bits per heavy atom. The van der Waals surface area contributed by atoms with Crippen molar-refractivity contribution in [1.29, 1.82) is 0 Å². The lowest BCUT2D eigenvalue weighted by molar-refractivity contribution is -0.134. The van der Waals surface area contributed by atoms with Crippen molar-refractivity contribution < 1.29 is 17.6 Å². The molecule has 0 spiro atoms. The van der Waals surface area contributed by atoms with Gasteiger partial charge in [0.1, 0.15) is 11.5 Å². The van der Waals surface area contributed by atoms with Crippen LogP contribution in [0.1, 0.15) is 17.7 Å². The first kappa shape index (κ1) is 17.0. The average Bonchev–Trinajstić information content (AvgIpc) is 2.95. The summed E-state index contributed by atoms with van der Waals surface area (Å²) in [6.45, 7) is 0.523. The van der Waals surface area contributed by atoms with Gasteiger partial charge in [-0.2, -0.15) is 0 Å². The van der Waals surface area contributed by atoms with E-state index in [2.05, 4.69) is 0 Å². The molecule has 0 atom stereocenters. The molecule has 7 heteroatoms. The van der Waals surface area contributed by atoms with E-state index in [9.17, 15) is 13.2 Å². The number of aryl methyl sites for hydroxylation is 1. The molecule has 0 N–H and O–H groups in total. The van der Waals surface area contributed by atoms with Gasteiger partial charge in [-0.25, -0.2) is 8.42 Å². The van der Waals surface area contributed by atoms with Gasteiger partial charge in [-0.05, 0) is 36.2 Å². The number of halogens is 1. The van der Waals surface area contributed by atoms with Gasteiger partial charge in [-0.3, -0.25) is 4.79 Å². The normalized spacial score (nSPS) is 15.3. The van der Waals surface area contributed by atoms with Gasteiger partial charge in [-0.1, -0.05) is 23.7 Å². The van der Waals surface area contributed by atoms with E-state index < -0.39 is 15.1 Å². The molecule has 2 heterocycles. The van der Waals surface area contributed by atoms with Crippen LogP contribution in [0.15, 0.2) is 47.1 Å². The summed E-state index contributed by atoms with van der Waals surface area (Å²) in [7, 11) is -3.29. The Morgan fingerprint density at radius 2 is 2.04 bits per heavy atom. The molecule has 128 valence electrons. The predicted molar refractivity (Wildman–Crippen MR) is 91.5 cm³/mol. The van der Waals surface area contributed by atoms with Crippen LogP contribution in [-0.4, -0.2) is 37.6 Å². The second kappa shape index (κ2) is 6.99. The maximum absolute atomic E-state index is 12.3. The third-order valence-electron chi connectivity index (χ3n) is 4.15. The van der Waals surface area contributed by atoms with Crippen LogP contribution in [0.3, 0.4) is 0 Å². The zero-order valence-corrected chi connectivity index (χ0v) is 14.6. The zero-order chi connectivity index (χ0) is 17.2. The molecule has 0 saturated carbocycles. The van der Waals surface area contributed by atoms with E-state index >= 15 is 0 Å². The van der Waals surface area contributed by atoms with Crippen LogP contribution < -0.4 is 0 Å². The third-order valence-corrected chi connectivity index (χ3v) is 6.38. The van der Waals surface area contributed by atoms with Crippen molar-refractivity contribution in [2.75, 3.05) is 13.1 Å². The van der Waals surface area contributed by atoms with E-state index in [0.717, 1.165) is 5.56 Å². The molecule has 1 aromatic heterocycles. The minimum absolute atomic E-state index is 0.0283. The number of hydrogen-bond donors (Lipinski definition) is 0. The van der Waals surface area contributed by atoms with E-state index in [4.69, 9.17) is 16.0 Å². The maximum Gasteiger partial charge on any atom is 0.222 e. The molecule has 1 amide bonds. The monoisotopic (exact) mass is 367 g/mol. The third kappa shape index (κ3) is 3.99. The molecule has 0 unspecified atom stereocenters. The fourth-order valence-electron chi connectivity index (χ4n) is 2.68. The van der Waals surface area contributed by atoms with E-state index in [1.807, 2.05) is 18.2 Å². The van der Waals surface area contributed by atoms with Gasteiger partial charge in [0.2, 0.25) is 5.91 Å². The van der Waals surface area contributed by atoms with Crippen molar-refractivity contribution in [3.05, 3.63) is 59.0 Å². The minimum atomic E-state index is -3.29. The summed E-state index contributed by atoms with van der Waals surface area (Å²) in [4.78, 5) is 13.7. The van der Waals surface area contributed by atoms with Crippen molar-refractivity contribution >= 4 is 27.3 Å². The topological polar surface area (TPSA) is 67.6 Å². The standard InChI is InChI=1S/C17H18ClNO4S/c18-14-4-1-3-13(9-14)6-7-17(20)19-10-16(11-19)24(21,22)12-15-5-2-8-23-15/h1-5,8-9,16H,6-7,10-12H2. The quantitative estimate of drug-likeness (QED) is 0.787. The van der Waals surface area contributed by atoms with Crippen molar-refractivity contribution in [1.82, 2.24) is 4.90 Å². The molecular weight excluding hydrogens is 350 g/mol. The number of furan rings is 1. The van der Waals surface area contributed by atoms with Gasteiger partial charge >= 0.3 is 0 Å². The summed E-state index contributed by atoms with van der Waals surface area (Å²) in [6.07, 6.45) is 2.41. The highest BCUT2D eigenvalue weighted by Crippen LogP contribution is 2.22. The second-order valence-electron chi connectivity index (χ2n) is 5.94. The van der Waals surface area contributed by atoms with E-state index in [1.54, 1.807) is 23.1 Å². The van der Waals surface area contributed by atoms with Crippen LogP contribution in [0.2, 0.25) is 5.02 Å². The molecule has 2 aromatic rings. The van der Waals surface area contributed by atoms with Crippen LogP contribution in [0.5, 0.6) is 0 Å². The first-order valence-electron chi connectivity index (χ1n) is 7.70. The number of amides is 1. The molecule has 1 fully saturated rings. The summed E-state index contributed by atoms with van der Waals surface area (Å²) in [5, 5.41) is 0.144. The van der Waals surface area contributed by atoms with Crippen LogP contribution in [-0.2, 0) is 26.8 Å². The molecule has 5 nitrogen and oxygen atoms in total. The largest absolute Gasteiger partial charge is 0.468 e. The number of sulfone groups is 1. The first-order valence-corrected chi connectivity index (χ1v) is 9.79. The van der Waals surface area contributed by atoms with Gasteiger partial charge in [0.05, 0.1) is 11.5 Å². The number of likely N-dealkylation sites (tertiary alicyclic amines) is 1. The fourth-order valence-corrected chi connectivity index (χ4v) is 4.51. The van der Waals surface area contributed by atoms with Crippen LogP contribution in [0.4, 0.5) is 0 Å². The molecule has 24 heavy (non-hydrogen) atoms. The SMILES string of the molecule is O=C(CCc1cccc(Cl)c1)N1CC(S(=O)(=O)Cc2ccco2)C1. The van der Waals surface area contributed by atoms with Crippen molar-refractivity contribution in [2.45, 2.75) is 23.8 Å². The summed E-state index contributed by atoms with van der Waals surface area (Å²) >= 11 is 5.92. The summed E-state index contributed by atoms with van der Waals surface area (Å²) < 4.78 is 29.6. The number of carbonyl (C=O) groups is 1. The average molecular weight is 368 g/mol. The molecule has 0 aliphatic carbocycles. The highest BCUT2D eigenvalue weighted by Gasteiger charge is 2.39. The Morgan fingerprint density at radius 1 is 1.25 bits per heavy atom. The van der Waals surface area contributed by atoms with E-state index in [1.165, 1.54) is 6.26 Å². The zero-order valence-electron chi connectivity index (χ0n) is 13.0. The Balaban J connectivity index is 1.48. The predicted octanol–water partition coefficient (Wildman–Crippen LogP) is 2.69. The lowest BCUT2D eigenvalue weighted by Crippen LogP contribution is -2.57. The molecule has 1 aliphatic heterocycles. The molecule has 0 radical (unpaired) electrons. The Bertz CT molecular complexity index is 811. The molecular formula is C17H18ClNO4S. The van der Waals surface area contributed by atoms with Gasteiger partial charge in [0.15, 0.2) is 9.84 Å². The lowest BCUT2D eigenvalue weighted by atomic mass is 10.1. The van der Waals surface area contributed by atoms with Gasteiger partial charge in [0, 0.05) is 24.5 Å². The smallest absolute Gasteiger partial charge is 0.222 e. The summed E-state index contributed by atoms with van der Waals surface area (Å²) in [6, 6.07) is 10.7. The molecule has 1 aromatic carbocycles. The van der Waals surface area contributed by atoms with Crippen molar-refractivity contribution in [3.63, 3.8) is 0 Å². The van der Waals surface area contributed by atoms with Crippen LogP contribution in [0, 0.1) is 0 Å². The van der Waals surface area contributed by atoms with Gasteiger partial charge < -0.3 is 9.32 Å². The molecule has 1 aliphatic rings. The van der Waals surface area contributed by atoms with Crippen molar-refractivity contribution in [3.8, 4) is 0 Å². The van der Waals surface area contributed by atoms with E-state index in [-0.39, 0.29) is 24.7 Å². The Kier molecular flexibility index (Phi) is 4.96. The number of carbonyl (C=O) groups excluding carboxylic acids is 1. The van der Waals surface area contributed by atoms with Crippen LogP contribution in [0.25, 0.3) is 0 Å². The maximum atomic E-state index is 12.3. The number of hydrogen-bond acceptors (Lipinski definition) is 4. The second-order valence-corrected chi connectivity index (χ2v) is 8.65. The minimum Gasteiger partial charge on any atom is -0.468 e. The fraction of sp³-hybridized carbons (Fsp3) is 0.353. The number of nitrogens with zero attached hydrogens (tertiary/aromatic N) is 1. The number of benzene rings is 1. The van der Waals surface area contributed by atoms with Gasteiger partial charge in [0.25, 0.3) is 0 Å². The Labute approximate surface area is 146 Å². The molecule has 3 rings (SSSR count). The molecule has 1 saturated heterocycles. The van der Waals surface area contributed by atoms with Crippen LogP contribution >= 0.6 is 11.6 Å².